The third-order valence-corrected chi connectivity index (χ3v) is 6.19. The molecule has 0 spiro atoms. The van der Waals surface area contributed by atoms with Crippen LogP contribution in [0.2, 0.25) is 0 Å². The van der Waals surface area contributed by atoms with Crippen molar-refractivity contribution in [2.24, 2.45) is 11.8 Å². The van der Waals surface area contributed by atoms with Crippen molar-refractivity contribution in [3.8, 4) is 17.2 Å². The quantitative estimate of drug-likeness (QED) is 0.315. The number of carbonyl (C=O) groups excluding carboxylic acids is 3. The number of Topliss-reactive ketones (excluding diaryl/α,β-unsaturated/α-hetero) is 1. The van der Waals surface area contributed by atoms with Crippen molar-refractivity contribution in [2.45, 2.75) is 65.1 Å². The summed E-state index contributed by atoms with van der Waals surface area (Å²) in [6.45, 7) is 4.53. The predicted molar refractivity (Wildman–Crippen MR) is 129 cm³/mol. The van der Waals surface area contributed by atoms with Crippen LogP contribution in [0.25, 0.3) is 0 Å². The molecule has 1 aliphatic rings. The van der Waals surface area contributed by atoms with Gasteiger partial charge in [0.05, 0.1) is 13.0 Å². The van der Waals surface area contributed by atoms with Crippen molar-refractivity contribution < 1.29 is 37.7 Å². The summed E-state index contributed by atoms with van der Waals surface area (Å²) in [6, 6.07) is 7.35. The largest absolute Gasteiger partial charge is 0.493 e. The molecule has 0 aliphatic heterocycles. The number of carbonyl (C=O) groups is 3. The number of nitrogens with zero attached hydrogens (tertiary/aromatic N) is 1. The summed E-state index contributed by atoms with van der Waals surface area (Å²) < 4.78 is 35.8. The third kappa shape index (κ3) is 7.02. The lowest BCUT2D eigenvalue weighted by Gasteiger charge is -2.30. The van der Waals surface area contributed by atoms with E-state index in [1.807, 2.05) is 0 Å². The highest BCUT2D eigenvalue weighted by atomic mass is 19.1. The number of pyridine rings is 1. The van der Waals surface area contributed by atoms with Gasteiger partial charge in [-0.2, -0.15) is 0 Å². The van der Waals surface area contributed by atoms with Crippen LogP contribution >= 0.6 is 0 Å². The van der Waals surface area contributed by atoms with Crippen LogP contribution < -0.4 is 14.2 Å². The molecule has 9 heteroatoms. The Bertz CT molecular complexity index is 1080. The van der Waals surface area contributed by atoms with Crippen LogP contribution in [0.4, 0.5) is 4.39 Å². The Morgan fingerprint density at radius 3 is 2.50 bits per heavy atom. The van der Waals surface area contributed by atoms with Gasteiger partial charge in [-0.25, -0.2) is 9.37 Å². The molecule has 0 saturated heterocycles. The zero-order valence-corrected chi connectivity index (χ0v) is 21.0. The van der Waals surface area contributed by atoms with Gasteiger partial charge in [-0.05, 0) is 37.8 Å². The summed E-state index contributed by atoms with van der Waals surface area (Å²) in [7, 11) is 1.38. The first-order chi connectivity index (χ1) is 17.2. The molecule has 0 amide bonds. The predicted octanol–water partition coefficient (Wildman–Crippen LogP) is 4.93. The molecule has 1 aromatic carbocycles. The van der Waals surface area contributed by atoms with E-state index in [-0.39, 0.29) is 29.5 Å². The zero-order chi connectivity index (χ0) is 26.2. The lowest BCUT2D eigenvalue weighted by atomic mass is 9.96. The molecule has 8 nitrogen and oxygen atoms in total. The second kappa shape index (κ2) is 12.5. The summed E-state index contributed by atoms with van der Waals surface area (Å²) in [5, 5.41) is 0. The van der Waals surface area contributed by atoms with E-state index in [0.29, 0.717) is 5.75 Å². The molecule has 1 aromatic heterocycles. The smallest absolute Gasteiger partial charge is 0.309 e. The fourth-order valence-electron chi connectivity index (χ4n) is 4.42. The lowest BCUT2D eigenvalue weighted by molar-refractivity contribution is -0.158. The van der Waals surface area contributed by atoms with Crippen molar-refractivity contribution in [1.29, 1.82) is 0 Å². The van der Waals surface area contributed by atoms with Crippen molar-refractivity contribution >= 4 is 17.7 Å². The maximum absolute atomic E-state index is 13.7. The number of ether oxygens (including phenoxy) is 4. The normalized spacial score (nSPS) is 16.0. The van der Waals surface area contributed by atoms with Crippen LogP contribution in [0.3, 0.4) is 0 Å². The Labute approximate surface area is 210 Å². The Hall–Kier alpha value is -3.49. The van der Waals surface area contributed by atoms with Gasteiger partial charge < -0.3 is 18.9 Å². The second-order valence-electron chi connectivity index (χ2n) is 9.04. The molecule has 1 saturated carbocycles. The van der Waals surface area contributed by atoms with E-state index >= 15 is 0 Å². The maximum Gasteiger partial charge on any atom is 0.309 e. The minimum atomic E-state index is -0.795. The molecular weight excluding hydrogens is 469 g/mol. The van der Waals surface area contributed by atoms with Gasteiger partial charge in [0, 0.05) is 31.7 Å². The van der Waals surface area contributed by atoms with Crippen molar-refractivity contribution in [1.82, 2.24) is 4.98 Å². The summed E-state index contributed by atoms with van der Waals surface area (Å²) >= 11 is 0. The number of aromatic nitrogens is 1. The van der Waals surface area contributed by atoms with Crippen LogP contribution in [0, 0.1) is 17.7 Å². The molecule has 3 atom stereocenters. The highest BCUT2D eigenvalue weighted by Crippen LogP contribution is 2.34. The molecule has 1 fully saturated rings. The molecule has 2 aromatic rings. The fraction of sp³-hybridized carbons (Fsp3) is 0.481. The van der Waals surface area contributed by atoms with Gasteiger partial charge >= 0.3 is 11.9 Å². The molecule has 0 N–H and O–H groups in total. The Balaban J connectivity index is 1.69. The van der Waals surface area contributed by atoms with Gasteiger partial charge in [0.15, 0.2) is 17.2 Å². The standard InChI is InChI=1S/C27H32FNO7/c1-16(14-22(31)24-26(35-18(3)30)23(33-4)12-13-29-24)27(32)34-17(2)25(19-8-5-6-9-19)36-21-11-7-10-20(28)15-21/h7,10-13,15-17,19,25H,5-6,8-9,14H2,1-4H3/t16-,17+,25+/m1/s1. The van der Waals surface area contributed by atoms with E-state index in [1.165, 1.54) is 38.4 Å². The van der Waals surface area contributed by atoms with E-state index in [0.717, 1.165) is 25.7 Å². The Morgan fingerprint density at radius 1 is 1.14 bits per heavy atom. The molecule has 3 rings (SSSR count). The van der Waals surface area contributed by atoms with Crippen LogP contribution in [-0.2, 0) is 14.3 Å². The Kier molecular flexibility index (Phi) is 9.38. The van der Waals surface area contributed by atoms with E-state index in [2.05, 4.69) is 4.98 Å². The molecular formula is C27H32FNO7. The average molecular weight is 502 g/mol. The summed E-state index contributed by atoms with van der Waals surface area (Å²) in [5.41, 5.74) is -0.101. The van der Waals surface area contributed by atoms with Gasteiger partial charge in [-0.1, -0.05) is 25.8 Å². The lowest BCUT2D eigenvalue weighted by Crippen LogP contribution is -2.40. The van der Waals surface area contributed by atoms with Crippen LogP contribution in [0.15, 0.2) is 36.5 Å². The van der Waals surface area contributed by atoms with E-state index in [1.54, 1.807) is 26.0 Å². The number of halogens is 1. The minimum absolute atomic E-state index is 0.0868. The van der Waals surface area contributed by atoms with Crippen LogP contribution in [0.1, 0.15) is 63.4 Å². The highest BCUT2D eigenvalue weighted by molar-refractivity contribution is 5.99. The van der Waals surface area contributed by atoms with Crippen molar-refractivity contribution in [3.63, 3.8) is 0 Å². The first-order valence-corrected chi connectivity index (χ1v) is 12.1. The summed E-state index contributed by atoms with van der Waals surface area (Å²) in [4.78, 5) is 41.4. The number of esters is 2. The third-order valence-electron chi connectivity index (χ3n) is 6.19. The first kappa shape index (κ1) is 27.1. The number of hydrogen-bond donors (Lipinski definition) is 0. The number of ketones is 1. The second-order valence-corrected chi connectivity index (χ2v) is 9.04. The fourth-order valence-corrected chi connectivity index (χ4v) is 4.42. The summed E-state index contributed by atoms with van der Waals surface area (Å²) in [6.07, 6.45) is 4.05. The van der Waals surface area contributed by atoms with Gasteiger partial charge in [-0.15, -0.1) is 0 Å². The van der Waals surface area contributed by atoms with Crippen LogP contribution in [0.5, 0.6) is 17.2 Å². The van der Waals surface area contributed by atoms with E-state index in [4.69, 9.17) is 18.9 Å². The van der Waals surface area contributed by atoms with Crippen molar-refractivity contribution in [2.75, 3.05) is 7.11 Å². The van der Waals surface area contributed by atoms with Crippen molar-refractivity contribution in [3.05, 3.63) is 48.0 Å². The molecule has 36 heavy (non-hydrogen) atoms. The highest BCUT2D eigenvalue weighted by Gasteiger charge is 2.35. The Morgan fingerprint density at radius 2 is 1.86 bits per heavy atom. The molecule has 0 radical (unpaired) electrons. The zero-order valence-electron chi connectivity index (χ0n) is 21.0. The average Bonchev–Trinajstić information content (AvgIpc) is 3.36. The molecule has 1 heterocycles. The van der Waals surface area contributed by atoms with Gasteiger partial charge in [-0.3, -0.25) is 14.4 Å². The van der Waals surface area contributed by atoms with Gasteiger partial charge in [0.1, 0.15) is 23.8 Å². The molecule has 0 unspecified atom stereocenters. The number of methoxy groups -OCH3 is 1. The number of rotatable bonds is 11. The van der Waals surface area contributed by atoms with Gasteiger partial charge in [0.25, 0.3) is 0 Å². The molecule has 1 aliphatic carbocycles. The van der Waals surface area contributed by atoms with Gasteiger partial charge in [0.2, 0.25) is 5.75 Å². The monoisotopic (exact) mass is 501 g/mol. The van der Waals surface area contributed by atoms with Crippen LogP contribution in [-0.4, -0.2) is 42.0 Å². The number of benzene rings is 1. The molecule has 0 bridgehead atoms. The topological polar surface area (TPSA) is 101 Å². The minimum Gasteiger partial charge on any atom is -0.493 e. The first-order valence-electron chi connectivity index (χ1n) is 12.1. The maximum atomic E-state index is 13.7. The number of hydrogen-bond acceptors (Lipinski definition) is 8. The SMILES string of the molecule is COc1ccnc(C(=O)C[C@@H](C)C(=O)O[C@@H](C)[C@H](Oc2cccc(F)c2)C2CCCC2)c1OC(C)=O. The van der Waals surface area contributed by atoms with E-state index < -0.39 is 41.7 Å². The molecule has 194 valence electrons. The van der Waals surface area contributed by atoms with E-state index in [9.17, 15) is 18.8 Å². The summed E-state index contributed by atoms with van der Waals surface area (Å²) in [5.74, 6) is -2.26.